The first-order valence-corrected chi connectivity index (χ1v) is 7.68. The molecule has 2 nitrogen and oxygen atoms in total. The Morgan fingerprint density at radius 3 is 2.71 bits per heavy atom. The molecule has 0 aromatic rings. The van der Waals surface area contributed by atoms with Gasteiger partial charge in [-0.15, -0.1) is 0 Å². The highest BCUT2D eigenvalue weighted by Crippen LogP contribution is 2.32. The molecule has 100 valence electrons. The molecule has 1 saturated carbocycles. The second-order valence-electron chi connectivity index (χ2n) is 6.31. The van der Waals surface area contributed by atoms with E-state index < -0.39 is 0 Å². The van der Waals surface area contributed by atoms with Gasteiger partial charge in [-0.1, -0.05) is 33.1 Å². The van der Waals surface area contributed by atoms with Crippen LogP contribution in [0.15, 0.2) is 0 Å². The number of rotatable bonds is 5. The van der Waals surface area contributed by atoms with E-state index in [9.17, 15) is 0 Å². The molecule has 1 heterocycles. The molecule has 1 aliphatic heterocycles. The highest BCUT2D eigenvalue weighted by atomic mass is 15.2. The van der Waals surface area contributed by atoms with E-state index in [1.165, 1.54) is 51.7 Å². The normalized spacial score (nSPS) is 33.4. The summed E-state index contributed by atoms with van der Waals surface area (Å²) in [5, 5.41) is 3.75. The number of nitrogens with one attached hydrogen (secondary N) is 1. The van der Waals surface area contributed by atoms with Crippen molar-refractivity contribution in [3.05, 3.63) is 0 Å². The Kier molecular flexibility index (Phi) is 4.87. The van der Waals surface area contributed by atoms with Crippen molar-refractivity contribution in [1.82, 2.24) is 10.2 Å². The first-order valence-electron chi connectivity index (χ1n) is 7.68. The Balaban J connectivity index is 1.85. The fourth-order valence-corrected chi connectivity index (χ4v) is 2.89. The van der Waals surface area contributed by atoms with Crippen molar-refractivity contribution in [1.29, 1.82) is 0 Å². The third-order valence-electron chi connectivity index (χ3n) is 4.88. The lowest BCUT2D eigenvalue weighted by atomic mass is 9.98. The zero-order valence-electron chi connectivity index (χ0n) is 11.9. The van der Waals surface area contributed by atoms with Crippen LogP contribution in [-0.2, 0) is 0 Å². The van der Waals surface area contributed by atoms with E-state index in [0.29, 0.717) is 6.04 Å². The van der Waals surface area contributed by atoms with Crippen LogP contribution in [0.2, 0.25) is 0 Å². The monoisotopic (exact) mass is 238 g/mol. The number of nitrogens with zero attached hydrogens (tertiary/aromatic N) is 1. The van der Waals surface area contributed by atoms with Crippen molar-refractivity contribution >= 4 is 0 Å². The maximum atomic E-state index is 3.75. The lowest BCUT2D eigenvalue weighted by Crippen LogP contribution is -2.43. The minimum absolute atomic E-state index is 0.712. The van der Waals surface area contributed by atoms with Gasteiger partial charge in [0.15, 0.2) is 0 Å². The number of hydrogen-bond donors (Lipinski definition) is 1. The van der Waals surface area contributed by atoms with Gasteiger partial charge in [-0.25, -0.2) is 0 Å². The fraction of sp³-hybridized carbons (Fsp3) is 1.00. The number of hydrogen-bond acceptors (Lipinski definition) is 2. The van der Waals surface area contributed by atoms with Crippen LogP contribution in [0, 0.1) is 11.8 Å². The second-order valence-corrected chi connectivity index (χ2v) is 6.31. The van der Waals surface area contributed by atoms with E-state index in [0.717, 1.165) is 17.9 Å². The summed E-state index contributed by atoms with van der Waals surface area (Å²) >= 11 is 0. The molecule has 0 radical (unpaired) electrons. The van der Waals surface area contributed by atoms with Crippen molar-refractivity contribution in [2.24, 2.45) is 11.8 Å². The summed E-state index contributed by atoms with van der Waals surface area (Å²) in [6, 6.07) is 1.49. The van der Waals surface area contributed by atoms with Gasteiger partial charge in [0, 0.05) is 18.6 Å². The van der Waals surface area contributed by atoms with Crippen LogP contribution in [0.25, 0.3) is 0 Å². The van der Waals surface area contributed by atoms with Crippen LogP contribution in [0.3, 0.4) is 0 Å². The van der Waals surface area contributed by atoms with Gasteiger partial charge in [-0.2, -0.15) is 0 Å². The van der Waals surface area contributed by atoms with Crippen LogP contribution in [-0.4, -0.2) is 36.6 Å². The van der Waals surface area contributed by atoms with Crippen LogP contribution < -0.4 is 5.32 Å². The van der Waals surface area contributed by atoms with Gasteiger partial charge in [-0.05, 0) is 44.7 Å². The highest BCUT2D eigenvalue weighted by molar-refractivity contribution is 4.85. The maximum Gasteiger partial charge on any atom is 0.0220 e. The van der Waals surface area contributed by atoms with Crippen molar-refractivity contribution < 1.29 is 0 Å². The first-order chi connectivity index (χ1) is 8.20. The third kappa shape index (κ3) is 3.96. The molecule has 0 aromatic carbocycles. The summed E-state index contributed by atoms with van der Waals surface area (Å²) in [5.74, 6) is 1.88. The van der Waals surface area contributed by atoms with E-state index in [1.807, 2.05) is 0 Å². The second kappa shape index (κ2) is 6.19. The lowest BCUT2D eigenvalue weighted by Gasteiger charge is -2.31. The van der Waals surface area contributed by atoms with Crippen LogP contribution in [0.4, 0.5) is 0 Å². The summed E-state index contributed by atoms with van der Waals surface area (Å²) in [6.07, 6.45) is 7.04. The maximum absolute atomic E-state index is 3.75. The summed E-state index contributed by atoms with van der Waals surface area (Å²) in [7, 11) is 0. The van der Waals surface area contributed by atoms with Gasteiger partial charge in [0.1, 0.15) is 0 Å². The molecular weight excluding hydrogens is 208 g/mol. The fourth-order valence-electron chi connectivity index (χ4n) is 2.89. The topological polar surface area (TPSA) is 15.3 Å². The Morgan fingerprint density at radius 1 is 1.29 bits per heavy atom. The standard InChI is InChI=1S/C15H30N2/c1-4-12(2)15-11-17(10-8-14-5-6-14)13(3)7-9-16-15/h12-16H,4-11H2,1-3H3. The van der Waals surface area contributed by atoms with E-state index in [2.05, 4.69) is 31.0 Å². The predicted octanol–water partition coefficient (Wildman–Crippen LogP) is 2.89. The smallest absolute Gasteiger partial charge is 0.0220 e. The molecule has 2 rings (SSSR count). The van der Waals surface area contributed by atoms with E-state index in [-0.39, 0.29) is 0 Å². The minimum atomic E-state index is 0.712. The molecule has 3 atom stereocenters. The summed E-state index contributed by atoms with van der Waals surface area (Å²) in [6.45, 7) is 10.9. The molecule has 1 N–H and O–H groups in total. The quantitative estimate of drug-likeness (QED) is 0.792. The van der Waals surface area contributed by atoms with E-state index in [1.54, 1.807) is 0 Å². The average molecular weight is 238 g/mol. The lowest BCUT2D eigenvalue weighted by molar-refractivity contribution is 0.183. The molecule has 1 aliphatic carbocycles. The molecular formula is C15H30N2. The largest absolute Gasteiger partial charge is 0.312 e. The van der Waals surface area contributed by atoms with Gasteiger partial charge >= 0.3 is 0 Å². The summed E-state index contributed by atoms with van der Waals surface area (Å²) in [4.78, 5) is 2.75. The zero-order valence-corrected chi connectivity index (χ0v) is 11.9. The van der Waals surface area contributed by atoms with Crippen molar-refractivity contribution in [2.45, 2.75) is 65.0 Å². The molecule has 0 spiro atoms. The Morgan fingerprint density at radius 2 is 2.06 bits per heavy atom. The van der Waals surface area contributed by atoms with E-state index in [4.69, 9.17) is 0 Å². The van der Waals surface area contributed by atoms with Gasteiger partial charge < -0.3 is 5.32 Å². The van der Waals surface area contributed by atoms with Gasteiger partial charge in [0.05, 0.1) is 0 Å². The molecule has 1 saturated heterocycles. The van der Waals surface area contributed by atoms with Gasteiger partial charge in [0.2, 0.25) is 0 Å². The third-order valence-corrected chi connectivity index (χ3v) is 4.88. The van der Waals surface area contributed by atoms with Crippen molar-refractivity contribution in [3.8, 4) is 0 Å². The minimum Gasteiger partial charge on any atom is -0.312 e. The molecule has 2 heteroatoms. The molecule has 0 bridgehead atoms. The molecule has 2 aliphatic rings. The Bertz CT molecular complexity index is 225. The van der Waals surface area contributed by atoms with Crippen molar-refractivity contribution in [3.63, 3.8) is 0 Å². The Labute approximate surface area is 107 Å². The first kappa shape index (κ1) is 13.4. The van der Waals surface area contributed by atoms with Gasteiger partial charge in [0.25, 0.3) is 0 Å². The van der Waals surface area contributed by atoms with Crippen LogP contribution in [0.1, 0.15) is 52.9 Å². The zero-order chi connectivity index (χ0) is 12.3. The average Bonchev–Trinajstić information content (AvgIpc) is 3.14. The SMILES string of the molecule is CCC(C)C1CN(CCC2CC2)C(C)CCN1. The Hall–Kier alpha value is -0.0800. The van der Waals surface area contributed by atoms with Crippen LogP contribution >= 0.6 is 0 Å². The summed E-state index contributed by atoms with van der Waals surface area (Å²) in [5.41, 5.74) is 0. The summed E-state index contributed by atoms with van der Waals surface area (Å²) < 4.78 is 0. The highest BCUT2D eigenvalue weighted by Gasteiger charge is 2.27. The molecule has 3 unspecified atom stereocenters. The van der Waals surface area contributed by atoms with Crippen LogP contribution in [0.5, 0.6) is 0 Å². The molecule has 0 aromatic heterocycles. The molecule has 0 amide bonds. The molecule has 2 fully saturated rings. The van der Waals surface area contributed by atoms with E-state index >= 15 is 0 Å². The molecule has 17 heavy (non-hydrogen) atoms. The van der Waals surface area contributed by atoms with Crippen molar-refractivity contribution in [2.75, 3.05) is 19.6 Å². The predicted molar refractivity (Wildman–Crippen MR) is 74.2 cm³/mol. The van der Waals surface area contributed by atoms with Gasteiger partial charge in [-0.3, -0.25) is 4.90 Å².